The maximum Gasteiger partial charge on any atom is 0.287 e. The Bertz CT molecular complexity index is 553. The third-order valence-corrected chi connectivity index (χ3v) is 1.80. The van der Waals surface area contributed by atoms with E-state index in [0.29, 0.717) is 6.07 Å². The van der Waals surface area contributed by atoms with Gasteiger partial charge < -0.3 is 10.3 Å². The number of amides is 1. The van der Waals surface area contributed by atoms with Gasteiger partial charge >= 0.3 is 0 Å². The Labute approximate surface area is 87.9 Å². The van der Waals surface area contributed by atoms with Crippen molar-refractivity contribution in [3.8, 4) is 11.4 Å². The summed E-state index contributed by atoms with van der Waals surface area (Å²) in [6, 6.07) is 1.78. The van der Waals surface area contributed by atoms with Crippen LogP contribution in [0.5, 0.6) is 0 Å². The first-order valence-corrected chi connectivity index (χ1v) is 4.16. The van der Waals surface area contributed by atoms with Crippen LogP contribution >= 0.6 is 0 Å². The predicted molar refractivity (Wildman–Crippen MR) is 48.2 cm³/mol. The molecule has 0 saturated carbocycles. The molecule has 0 unspecified atom stereocenters. The highest BCUT2D eigenvalue weighted by Crippen LogP contribution is 2.20. The molecule has 2 heterocycles. The summed E-state index contributed by atoms with van der Waals surface area (Å²) in [5.74, 6) is -2.76. The zero-order valence-corrected chi connectivity index (χ0v) is 7.78. The first kappa shape index (κ1) is 10.2. The second-order valence-corrected chi connectivity index (χ2v) is 2.92. The minimum absolute atomic E-state index is 0.0219. The Morgan fingerprint density at radius 2 is 2.12 bits per heavy atom. The molecule has 0 radical (unpaired) electrons. The Morgan fingerprint density at radius 3 is 2.69 bits per heavy atom. The van der Waals surface area contributed by atoms with Gasteiger partial charge in [0, 0.05) is 12.1 Å². The summed E-state index contributed by atoms with van der Waals surface area (Å²) in [5.41, 5.74) is 4.69. The highest BCUT2D eigenvalue weighted by molar-refractivity contribution is 5.90. The lowest BCUT2D eigenvalue weighted by molar-refractivity contribution is 0.0965. The van der Waals surface area contributed by atoms with Crippen LogP contribution in [0.3, 0.4) is 0 Å². The number of rotatable bonds is 2. The van der Waals surface area contributed by atoms with Crippen LogP contribution in [0, 0.1) is 11.6 Å². The number of nitrogens with two attached hydrogens (primary N) is 1. The molecule has 2 N–H and O–H groups in total. The van der Waals surface area contributed by atoms with Crippen molar-refractivity contribution >= 4 is 5.91 Å². The molecule has 5 nitrogen and oxygen atoms in total. The van der Waals surface area contributed by atoms with Gasteiger partial charge in [0.2, 0.25) is 5.76 Å². The molecule has 0 spiro atoms. The van der Waals surface area contributed by atoms with E-state index in [1.165, 1.54) is 0 Å². The number of hydrogen-bond donors (Lipinski definition) is 1. The highest BCUT2D eigenvalue weighted by Gasteiger charge is 2.15. The summed E-state index contributed by atoms with van der Waals surface area (Å²) in [7, 11) is 0. The second kappa shape index (κ2) is 3.69. The van der Waals surface area contributed by atoms with E-state index in [1.54, 1.807) is 0 Å². The lowest BCUT2D eigenvalue weighted by atomic mass is 10.2. The van der Waals surface area contributed by atoms with Gasteiger partial charge in [0.05, 0.1) is 6.20 Å². The van der Waals surface area contributed by atoms with Crippen molar-refractivity contribution in [3.63, 3.8) is 0 Å². The number of nitrogens with zero attached hydrogens (tertiary/aromatic N) is 2. The number of carbonyl (C=O) groups excluding carboxylic acids is 1. The van der Waals surface area contributed by atoms with Gasteiger partial charge in [-0.3, -0.25) is 4.79 Å². The molecule has 0 atom stereocenters. The van der Waals surface area contributed by atoms with E-state index in [-0.39, 0.29) is 17.1 Å². The van der Waals surface area contributed by atoms with Crippen LogP contribution in [0.15, 0.2) is 22.9 Å². The summed E-state index contributed by atoms with van der Waals surface area (Å²) in [4.78, 5) is 14.2. The second-order valence-electron chi connectivity index (χ2n) is 2.92. The van der Waals surface area contributed by atoms with Gasteiger partial charge in [-0.1, -0.05) is 5.16 Å². The summed E-state index contributed by atoms with van der Waals surface area (Å²) >= 11 is 0. The molecule has 0 aromatic carbocycles. The first-order valence-electron chi connectivity index (χ1n) is 4.16. The fourth-order valence-electron chi connectivity index (χ4n) is 1.11. The minimum Gasteiger partial charge on any atom is -0.363 e. The molecule has 2 aromatic rings. The molecule has 0 saturated heterocycles. The Morgan fingerprint density at radius 1 is 1.38 bits per heavy atom. The molecular formula is C9H5F2N3O2. The maximum absolute atomic E-state index is 13.2. The molecular weight excluding hydrogens is 220 g/mol. The smallest absolute Gasteiger partial charge is 0.287 e. The average molecular weight is 225 g/mol. The predicted octanol–water partition coefficient (Wildman–Crippen LogP) is 1.11. The lowest BCUT2D eigenvalue weighted by Crippen LogP contribution is -2.09. The van der Waals surface area contributed by atoms with Crippen LogP contribution in [0.1, 0.15) is 10.6 Å². The average Bonchev–Trinajstić information content (AvgIpc) is 2.66. The molecule has 1 amide bonds. The van der Waals surface area contributed by atoms with Crippen molar-refractivity contribution in [1.82, 2.24) is 10.1 Å². The topological polar surface area (TPSA) is 82.0 Å². The normalized spacial score (nSPS) is 10.4. The highest BCUT2D eigenvalue weighted by atomic mass is 19.1. The van der Waals surface area contributed by atoms with Crippen molar-refractivity contribution in [3.05, 3.63) is 35.7 Å². The summed E-state index contributed by atoms with van der Waals surface area (Å²) < 4.78 is 30.4. The number of primary amides is 1. The Balaban J connectivity index is 2.46. The standard InChI is InChI=1S/C9H5F2N3O2/c10-4-1-5(11)8(13-3-4)6-2-7(9(12)15)16-14-6/h1-3H,(H2,12,15). The van der Waals surface area contributed by atoms with Crippen LogP contribution in [-0.2, 0) is 0 Å². The van der Waals surface area contributed by atoms with E-state index in [2.05, 4.69) is 14.7 Å². The van der Waals surface area contributed by atoms with Crippen molar-refractivity contribution in [2.75, 3.05) is 0 Å². The van der Waals surface area contributed by atoms with Gasteiger partial charge in [-0.15, -0.1) is 0 Å². The van der Waals surface area contributed by atoms with Crippen molar-refractivity contribution in [2.24, 2.45) is 5.73 Å². The zero-order valence-electron chi connectivity index (χ0n) is 7.78. The molecule has 82 valence electrons. The van der Waals surface area contributed by atoms with E-state index in [4.69, 9.17) is 5.73 Å². The van der Waals surface area contributed by atoms with E-state index in [0.717, 1.165) is 12.3 Å². The van der Waals surface area contributed by atoms with Crippen LogP contribution in [0.2, 0.25) is 0 Å². The number of aromatic nitrogens is 2. The molecule has 7 heteroatoms. The quantitative estimate of drug-likeness (QED) is 0.829. The van der Waals surface area contributed by atoms with E-state index in [9.17, 15) is 13.6 Å². The number of pyridine rings is 1. The molecule has 0 aliphatic carbocycles. The summed E-state index contributed by atoms with van der Waals surface area (Å²) in [6.45, 7) is 0. The number of halogens is 2. The maximum atomic E-state index is 13.2. The van der Waals surface area contributed by atoms with Crippen molar-refractivity contribution in [1.29, 1.82) is 0 Å². The molecule has 0 fully saturated rings. The van der Waals surface area contributed by atoms with Crippen LogP contribution < -0.4 is 5.73 Å². The molecule has 16 heavy (non-hydrogen) atoms. The molecule has 2 aromatic heterocycles. The van der Waals surface area contributed by atoms with E-state index in [1.807, 2.05) is 0 Å². The molecule has 0 aliphatic rings. The van der Waals surface area contributed by atoms with Gasteiger partial charge in [0.25, 0.3) is 5.91 Å². The minimum atomic E-state index is -0.899. The molecule has 0 aliphatic heterocycles. The largest absolute Gasteiger partial charge is 0.363 e. The van der Waals surface area contributed by atoms with Crippen LogP contribution in [-0.4, -0.2) is 16.0 Å². The summed E-state index contributed by atoms with van der Waals surface area (Å²) in [6.07, 6.45) is 0.830. The first-order chi connectivity index (χ1) is 7.58. The molecule has 2 rings (SSSR count). The van der Waals surface area contributed by atoms with Gasteiger partial charge in [-0.2, -0.15) is 0 Å². The number of hydrogen-bond acceptors (Lipinski definition) is 4. The van der Waals surface area contributed by atoms with E-state index < -0.39 is 17.5 Å². The fourth-order valence-corrected chi connectivity index (χ4v) is 1.11. The van der Waals surface area contributed by atoms with Crippen molar-refractivity contribution in [2.45, 2.75) is 0 Å². The Kier molecular flexibility index (Phi) is 2.35. The zero-order chi connectivity index (χ0) is 11.7. The lowest BCUT2D eigenvalue weighted by Gasteiger charge is -1.96. The molecule has 0 bridgehead atoms. The Hall–Kier alpha value is -2.31. The van der Waals surface area contributed by atoms with Gasteiger partial charge in [-0.25, -0.2) is 13.8 Å². The third-order valence-electron chi connectivity index (χ3n) is 1.80. The van der Waals surface area contributed by atoms with Crippen LogP contribution in [0.25, 0.3) is 11.4 Å². The van der Waals surface area contributed by atoms with Crippen LogP contribution in [0.4, 0.5) is 8.78 Å². The van der Waals surface area contributed by atoms with Gasteiger partial charge in [0.15, 0.2) is 5.82 Å². The van der Waals surface area contributed by atoms with Gasteiger partial charge in [0.1, 0.15) is 17.2 Å². The summed E-state index contributed by atoms with van der Waals surface area (Å²) in [5, 5.41) is 3.40. The number of carbonyl (C=O) groups is 1. The SMILES string of the molecule is NC(=O)c1cc(-c2ncc(F)cc2F)no1. The third kappa shape index (κ3) is 1.74. The van der Waals surface area contributed by atoms with E-state index >= 15 is 0 Å². The monoisotopic (exact) mass is 225 g/mol. The van der Waals surface area contributed by atoms with Gasteiger partial charge in [-0.05, 0) is 0 Å². The fraction of sp³-hybridized carbons (Fsp3) is 0. The van der Waals surface area contributed by atoms with Crippen molar-refractivity contribution < 1.29 is 18.1 Å².